The van der Waals surface area contributed by atoms with Crippen LogP contribution in [0.15, 0.2) is 17.6 Å². The molecule has 1 aromatic heterocycles. The van der Waals surface area contributed by atoms with Gasteiger partial charge < -0.3 is 14.6 Å². The summed E-state index contributed by atoms with van der Waals surface area (Å²) >= 11 is 1.33. The van der Waals surface area contributed by atoms with Gasteiger partial charge in [-0.05, 0) is 12.3 Å². The predicted molar refractivity (Wildman–Crippen MR) is 77.3 cm³/mol. The Morgan fingerprint density at radius 3 is 2.70 bits per heavy atom. The molecule has 0 aliphatic rings. The van der Waals surface area contributed by atoms with Gasteiger partial charge in [-0.25, -0.2) is 9.78 Å². The van der Waals surface area contributed by atoms with Crippen molar-refractivity contribution in [2.75, 3.05) is 12.9 Å². The molecule has 0 spiro atoms. The van der Waals surface area contributed by atoms with Crippen LogP contribution in [0, 0.1) is 5.92 Å². The van der Waals surface area contributed by atoms with Crippen LogP contribution >= 0.6 is 11.8 Å². The Morgan fingerprint density at radius 2 is 2.20 bits per heavy atom. The summed E-state index contributed by atoms with van der Waals surface area (Å²) in [7, 11) is 3.19. The normalized spacial score (nSPS) is 12.2. The lowest BCUT2D eigenvalue weighted by Crippen LogP contribution is -2.43. The first kappa shape index (κ1) is 16.6. The molecular formula is C13H21N3O3S. The third-order valence-corrected chi connectivity index (χ3v) is 3.70. The quantitative estimate of drug-likeness (QED) is 0.605. The van der Waals surface area contributed by atoms with E-state index in [0.29, 0.717) is 12.3 Å². The zero-order valence-corrected chi connectivity index (χ0v) is 13.1. The van der Waals surface area contributed by atoms with Crippen molar-refractivity contribution in [2.45, 2.75) is 31.5 Å². The van der Waals surface area contributed by atoms with Gasteiger partial charge >= 0.3 is 5.97 Å². The minimum absolute atomic E-state index is 0.200. The molecule has 0 bridgehead atoms. The molecule has 0 aromatic carbocycles. The first-order valence-electron chi connectivity index (χ1n) is 6.41. The Morgan fingerprint density at radius 1 is 1.50 bits per heavy atom. The molecule has 1 heterocycles. The maximum absolute atomic E-state index is 11.9. The zero-order valence-electron chi connectivity index (χ0n) is 12.3. The highest BCUT2D eigenvalue weighted by Crippen LogP contribution is 2.14. The average molecular weight is 299 g/mol. The molecular weight excluding hydrogens is 278 g/mol. The van der Waals surface area contributed by atoms with Crippen LogP contribution in [0.3, 0.4) is 0 Å². The molecule has 20 heavy (non-hydrogen) atoms. The number of methoxy groups -OCH3 is 1. The van der Waals surface area contributed by atoms with Gasteiger partial charge in [-0.15, -0.1) is 0 Å². The van der Waals surface area contributed by atoms with Crippen LogP contribution in [0.4, 0.5) is 0 Å². The topological polar surface area (TPSA) is 73.2 Å². The van der Waals surface area contributed by atoms with E-state index in [-0.39, 0.29) is 11.7 Å². The molecule has 1 aromatic rings. The van der Waals surface area contributed by atoms with E-state index in [1.165, 1.54) is 18.9 Å². The second-order valence-corrected chi connectivity index (χ2v) is 5.82. The number of rotatable bonds is 7. The second-order valence-electron chi connectivity index (χ2n) is 4.88. The number of thioether (sulfide) groups is 1. The Hall–Kier alpha value is -1.50. The summed E-state index contributed by atoms with van der Waals surface area (Å²) in [6.45, 7) is 3.98. The van der Waals surface area contributed by atoms with E-state index in [9.17, 15) is 9.59 Å². The predicted octanol–water partition coefficient (Wildman–Crippen LogP) is 1.22. The molecule has 1 atom stereocenters. The number of amides is 1. The second kappa shape index (κ2) is 7.94. The highest BCUT2D eigenvalue weighted by atomic mass is 32.2. The Bertz CT molecular complexity index is 459. The van der Waals surface area contributed by atoms with Gasteiger partial charge in [-0.1, -0.05) is 25.6 Å². The van der Waals surface area contributed by atoms with Gasteiger partial charge in [-0.2, -0.15) is 0 Å². The van der Waals surface area contributed by atoms with Crippen LogP contribution in [0.2, 0.25) is 0 Å². The van der Waals surface area contributed by atoms with E-state index in [1.807, 2.05) is 31.7 Å². The van der Waals surface area contributed by atoms with E-state index < -0.39 is 12.0 Å². The van der Waals surface area contributed by atoms with Gasteiger partial charge in [-0.3, -0.25) is 4.79 Å². The largest absolute Gasteiger partial charge is 0.467 e. The lowest BCUT2D eigenvalue weighted by atomic mass is 10.0. The molecule has 112 valence electrons. The summed E-state index contributed by atoms with van der Waals surface area (Å²) in [6.07, 6.45) is 4.05. The zero-order chi connectivity index (χ0) is 15.1. The molecule has 7 heteroatoms. The summed E-state index contributed by atoms with van der Waals surface area (Å²) < 4.78 is 6.54. The highest BCUT2D eigenvalue weighted by molar-refractivity contribution is 7.99. The molecule has 1 rings (SSSR count). The maximum atomic E-state index is 11.9. The lowest BCUT2D eigenvalue weighted by molar-refractivity contribution is -0.145. The number of aryl methyl sites for hydroxylation is 1. The van der Waals surface area contributed by atoms with Crippen LogP contribution in [-0.4, -0.2) is 40.3 Å². The summed E-state index contributed by atoms with van der Waals surface area (Å²) in [6, 6.07) is -0.588. The first-order valence-corrected chi connectivity index (χ1v) is 7.40. The fourth-order valence-electron chi connectivity index (χ4n) is 1.68. The van der Waals surface area contributed by atoms with Crippen LogP contribution in [0.1, 0.15) is 20.3 Å². The van der Waals surface area contributed by atoms with Crippen molar-refractivity contribution in [2.24, 2.45) is 13.0 Å². The van der Waals surface area contributed by atoms with Crippen molar-refractivity contribution in [3.05, 3.63) is 12.4 Å². The molecule has 1 N–H and O–H groups in total. The summed E-state index contributed by atoms with van der Waals surface area (Å²) in [5.74, 6) is -0.0964. The van der Waals surface area contributed by atoms with Crippen molar-refractivity contribution in [1.29, 1.82) is 0 Å². The van der Waals surface area contributed by atoms with E-state index in [4.69, 9.17) is 4.74 Å². The first-order chi connectivity index (χ1) is 9.43. The molecule has 0 unspecified atom stereocenters. The van der Waals surface area contributed by atoms with E-state index in [2.05, 4.69) is 10.3 Å². The Kier molecular flexibility index (Phi) is 6.57. The molecule has 0 saturated carbocycles. The van der Waals surface area contributed by atoms with Gasteiger partial charge in [0.2, 0.25) is 5.91 Å². The summed E-state index contributed by atoms with van der Waals surface area (Å²) in [5.41, 5.74) is 0. The van der Waals surface area contributed by atoms with E-state index in [1.54, 1.807) is 6.20 Å². The standard InChI is InChI=1S/C13H21N3O3S/c1-9(2)7-10(12(18)19-4)15-11(17)8-20-13-14-5-6-16(13)3/h5-6,9-10H,7-8H2,1-4H3,(H,15,17)/t10-/m0/s1. The van der Waals surface area contributed by atoms with Crippen molar-refractivity contribution in [1.82, 2.24) is 14.9 Å². The number of hydrogen-bond acceptors (Lipinski definition) is 5. The molecule has 0 aliphatic carbocycles. The van der Waals surface area contributed by atoms with E-state index in [0.717, 1.165) is 5.16 Å². The van der Waals surface area contributed by atoms with Crippen molar-refractivity contribution < 1.29 is 14.3 Å². The van der Waals surface area contributed by atoms with Crippen molar-refractivity contribution >= 4 is 23.6 Å². The molecule has 0 fully saturated rings. The van der Waals surface area contributed by atoms with Crippen LogP contribution in [0.5, 0.6) is 0 Å². The Labute approximate surface area is 123 Å². The molecule has 0 aliphatic heterocycles. The third kappa shape index (κ3) is 5.24. The van der Waals surface area contributed by atoms with E-state index >= 15 is 0 Å². The molecule has 0 radical (unpaired) electrons. The van der Waals surface area contributed by atoms with Gasteiger partial charge in [0.05, 0.1) is 12.9 Å². The van der Waals surface area contributed by atoms with Gasteiger partial charge in [0, 0.05) is 19.4 Å². The lowest BCUT2D eigenvalue weighted by Gasteiger charge is -2.18. The van der Waals surface area contributed by atoms with Gasteiger partial charge in [0.1, 0.15) is 6.04 Å². The summed E-state index contributed by atoms with van der Waals surface area (Å²) in [4.78, 5) is 27.6. The molecule has 1 amide bonds. The number of aromatic nitrogens is 2. The smallest absolute Gasteiger partial charge is 0.328 e. The fourth-order valence-corrected chi connectivity index (χ4v) is 2.43. The van der Waals surface area contributed by atoms with Crippen molar-refractivity contribution in [3.8, 4) is 0 Å². The molecule has 0 saturated heterocycles. The maximum Gasteiger partial charge on any atom is 0.328 e. The minimum atomic E-state index is -0.588. The van der Waals surface area contributed by atoms with Gasteiger partial charge in [0.25, 0.3) is 0 Å². The van der Waals surface area contributed by atoms with Crippen molar-refractivity contribution in [3.63, 3.8) is 0 Å². The number of imidazole rings is 1. The number of hydrogen-bond donors (Lipinski definition) is 1. The Balaban J connectivity index is 2.49. The number of esters is 1. The highest BCUT2D eigenvalue weighted by Gasteiger charge is 2.22. The molecule has 6 nitrogen and oxygen atoms in total. The van der Waals surface area contributed by atoms with Gasteiger partial charge in [0.15, 0.2) is 5.16 Å². The number of nitrogens with one attached hydrogen (secondary N) is 1. The van der Waals surface area contributed by atoms with Crippen LogP contribution in [0.25, 0.3) is 0 Å². The monoisotopic (exact) mass is 299 g/mol. The number of nitrogens with zero attached hydrogens (tertiary/aromatic N) is 2. The SMILES string of the molecule is COC(=O)[C@H](CC(C)C)NC(=O)CSc1nccn1C. The summed E-state index contributed by atoms with van der Waals surface area (Å²) in [5, 5.41) is 3.47. The average Bonchev–Trinajstić information content (AvgIpc) is 2.79. The third-order valence-electron chi connectivity index (χ3n) is 2.64. The fraction of sp³-hybridized carbons (Fsp3) is 0.615. The number of ether oxygens (including phenoxy) is 1. The van der Waals surface area contributed by atoms with Crippen LogP contribution < -0.4 is 5.32 Å². The number of carbonyl (C=O) groups excluding carboxylic acids is 2. The number of carbonyl (C=O) groups is 2. The minimum Gasteiger partial charge on any atom is -0.467 e. The van der Waals surface area contributed by atoms with Crippen LogP contribution in [-0.2, 0) is 21.4 Å².